The summed E-state index contributed by atoms with van der Waals surface area (Å²) < 4.78 is 38.6. The number of aromatic nitrogens is 1. The molecule has 2 heterocycles. The van der Waals surface area contributed by atoms with Gasteiger partial charge < -0.3 is 4.90 Å². The molecule has 1 aromatic carbocycles. The van der Waals surface area contributed by atoms with Crippen LogP contribution < -0.4 is 0 Å². The molecule has 0 saturated carbocycles. The highest BCUT2D eigenvalue weighted by Crippen LogP contribution is 2.30. The van der Waals surface area contributed by atoms with Crippen LogP contribution in [0.5, 0.6) is 0 Å². The molecule has 140 valence electrons. The van der Waals surface area contributed by atoms with Crippen LogP contribution in [0.4, 0.5) is 13.2 Å². The number of carbonyl (C=O) groups is 1. The number of ketones is 1. The van der Waals surface area contributed by atoms with E-state index in [0.29, 0.717) is 6.54 Å². The number of piperidine rings is 1. The van der Waals surface area contributed by atoms with Gasteiger partial charge in [0, 0.05) is 36.4 Å². The highest BCUT2D eigenvalue weighted by atomic mass is 32.1. The van der Waals surface area contributed by atoms with Crippen molar-refractivity contribution in [2.75, 3.05) is 19.6 Å². The van der Waals surface area contributed by atoms with E-state index in [9.17, 15) is 18.0 Å². The van der Waals surface area contributed by atoms with Gasteiger partial charge >= 0.3 is 6.18 Å². The lowest BCUT2D eigenvalue weighted by molar-refractivity contribution is -0.137. The van der Waals surface area contributed by atoms with E-state index >= 15 is 0 Å². The van der Waals surface area contributed by atoms with Crippen LogP contribution in [0.15, 0.2) is 29.6 Å². The van der Waals surface area contributed by atoms with Gasteiger partial charge in [0.2, 0.25) is 0 Å². The van der Waals surface area contributed by atoms with Gasteiger partial charge in [-0.25, -0.2) is 4.98 Å². The molecule has 1 aromatic heterocycles. The maximum absolute atomic E-state index is 12.9. The molecule has 1 aliphatic rings. The van der Waals surface area contributed by atoms with Crippen LogP contribution in [-0.2, 0) is 12.6 Å². The second kappa shape index (κ2) is 7.88. The summed E-state index contributed by atoms with van der Waals surface area (Å²) in [5.74, 6) is -0.435. The molecule has 0 aliphatic carbocycles. The molecule has 7 heteroatoms. The van der Waals surface area contributed by atoms with Crippen molar-refractivity contribution in [3.8, 4) is 0 Å². The maximum Gasteiger partial charge on any atom is 0.416 e. The lowest BCUT2D eigenvalue weighted by atomic mass is 9.89. The second-order valence-corrected chi connectivity index (χ2v) is 7.75. The van der Waals surface area contributed by atoms with Crippen LogP contribution in [0.2, 0.25) is 0 Å². The molecule has 2 aromatic rings. The Morgan fingerprint density at radius 1 is 1.38 bits per heavy atom. The van der Waals surface area contributed by atoms with Gasteiger partial charge in [0.1, 0.15) is 0 Å². The van der Waals surface area contributed by atoms with Crippen molar-refractivity contribution in [1.82, 2.24) is 9.88 Å². The van der Waals surface area contributed by atoms with Crippen molar-refractivity contribution in [1.29, 1.82) is 0 Å². The van der Waals surface area contributed by atoms with Crippen molar-refractivity contribution in [3.63, 3.8) is 0 Å². The lowest BCUT2D eigenvalue weighted by Gasteiger charge is -2.31. The minimum absolute atomic E-state index is 0.154. The standard InChI is InChI=1S/C19H21F3N2OS/c1-13-23-17(12-26-13)7-9-24-8-3-5-15(11-24)18(25)14-4-2-6-16(10-14)19(20,21)22/h2,4,6,10,12,15H,3,5,7-9,11H2,1H3. The summed E-state index contributed by atoms with van der Waals surface area (Å²) in [5.41, 5.74) is 0.440. The van der Waals surface area contributed by atoms with Gasteiger partial charge in [-0.2, -0.15) is 13.2 Å². The van der Waals surface area contributed by atoms with Gasteiger partial charge in [-0.05, 0) is 38.4 Å². The monoisotopic (exact) mass is 382 g/mol. The molecular weight excluding hydrogens is 361 g/mol. The number of likely N-dealkylation sites (tertiary alicyclic amines) is 1. The fraction of sp³-hybridized carbons (Fsp3) is 0.474. The Labute approximate surface area is 154 Å². The zero-order chi connectivity index (χ0) is 18.7. The molecule has 1 fully saturated rings. The number of benzene rings is 1. The number of nitrogens with zero attached hydrogens (tertiary/aromatic N) is 2. The van der Waals surface area contributed by atoms with E-state index in [1.165, 1.54) is 12.1 Å². The Balaban J connectivity index is 1.62. The van der Waals surface area contributed by atoms with Crippen molar-refractivity contribution in [2.45, 2.75) is 32.4 Å². The highest BCUT2D eigenvalue weighted by molar-refractivity contribution is 7.09. The molecule has 0 amide bonds. The summed E-state index contributed by atoms with van der Waals surface area (Å²) in [6, 6.07) is 4.76. The number of hydrogen-bond acceptors (Lipinski definition) is 4. The van der Waals surface area contributed by atoms with Gasteiger partial charge in [0.25, 0.3) is 0 Å². The van der Waals surface area contributed by atoms with E-state index in [4.69, 9.17) is 0 Å². The molecule has 1 saturated heterocycles. The quantitative estimate of drug-likeness (QED) is 0.708. The molecule has 1 aliphatic heterocycles. The van der Waals surface area contributed by atoms with E-state index in [1.807, 2.05) is 12.3 Å². The number of aryl methyl sites for hydroxylation is 1. The third kappa shape index (κ3) is 4.71. The van der Waals surface area contributed by atoms with Crippen LogP contribution >= 0.6 is 11.3 Å². The predicted octanol–water partition coefficient (Wildman–Crippen LogP) is 4.61. The van der Waals surface area contributed by atoms with Crippen molar-refractivity contribution in [2.24, 2.45) is 5.92 Å². The second-order valence-electron chi connectivity index (χ2n) is 6.69. The highest BCUT2D eigenvalue weighted by Gasteiger charge is 2.32. The van der Waals surface area contributed by atoms with Crippen LogP contribution in [0, 0.1) is 12.8 Å². The number of rotatable bonds is 5. The molecule has 3 nitrogen and oxygen atoms in total. The average molecular weight is 382 g/mol. The van der Waals surface area contributed by atoms with E-state index in [1.54, 1.807) is 11.3 Å². The predicted molar refractivity (Wildman–Crippen MR) is 95.5 cm³/mol. The van der Waals surface area contributed by atoms with Crippen LogP contribution in [0.3, 0.4) is 0 Å². The van der Waals surface area contributed by atoms with Gasteiger partial charge in [-0.15, -0.1) is 11.3 Å². The Morgan fingerprint density at radius 2 is 2.19 bits per heavy atom. The number of Topliss-reactive ketones (excluding diaryl/α,β-unsaturated/α-hetero) is 1. The molecule has 3 rings (SSSR count). The molecule has 26 heavy (non-hydrogen) atoms. The van der Waals surface area contributed by atoms with Gasteiger partial charge in [0.15, 0.2) is 5.78 Å². The first-order valence-electron chi connectivity index (χ1n) is 8.68. The van der Waals surface area contributed by atoms with Crippen molar-refractivity contribution < 1.29 is 18.0 Å². The van der Waals surface area contributed by atoms with Crippen molar-refractivity contribution >= 4 is 17.1 Å². The third-order valence-corrected chi connectivity index (χ3v) is 5.52. The largest absolute Gasteiger partial charge is 0.416 e. The number of alkyl halides is 3. The Bertz CT molecular complexity index is 772. The molecule has 0 radical (unpaired) electrons. The smallest absolute Gasteiger partial charge is 0.302 e. The number of thiazole rings is 1. The maximum atomic E-state index is 12.9. The topological polar surface area (TPSA) is 33.2 Å². The van der Waals surface area contributed by atoms with E-state index in [-0.39, 0.29) is 17.3 Å². The van der Waals surface area contributed by atoms with Gasteiger partial charge in [-0.1, -0.05) is 12.1 Å². The first-order chi connectivity index (χ1) is 12.3. The number of carbonyl (C=O) groups excluding carboxylic acids is 1. The van der Waals surface area contributed by atoms with Crippen LogP contribution in [-0.4, -0.2) is 35.3 Å². The normalized spacial score (nSPS) is 18.8. The Morgan fingerprint density at radius 3 is 2.88 bits per heavy atom. The summed E-state index contributed by atoms with van der Waals surface area (Å²) in [6.07, 6.45) is -2.00. The SMILES string of the molecule is Cc1nc(CCN2CCCC(C(=O)c3cccc(C(F)(F)F)c3)C2)cs1. The fourth-order valence-electron chi connectivity index (χ4n) is 3.35. The number of halogens is 3. The summed E-state index contributed by atoms with van der Waals surface area (Å²) in [5, 5.41) is 3.08. The summed E-state index contributed by atoms with van der Waals surface area (Å²) in [6.45, 7) is 4.29. The Hall–Kier alpha value is -1.73. The van der Waals surface area contributed by atoms with Crippen LogP contribution in [0.1, 0.15) is 39.5 Å². The van der Waals surface area contributed by atoms with Gasteiger partial charge in [0.05, 0.1) is 16.3 Å². The molecule has 0 bridgehead atoms. The van der Waals surface area contributed by atoms with E-state index in [0.717, 1.165) is 55.2 Å². The minimum Gasteiger partial charge on any atom is -0.302 e. The third-order valence-electron chi connectivity index (χ3n) is 4.70. The van der Waals surface area contributed by atoms with Crippen molar-refractivity contribution in [3.05, 3.63) is 51.5 Å². The molecule has 0 N–H and O–H groups in total. The van der Waals surface area contributed by atoms with E-state index in [2.05, 4.69) is 9.88 Å². The molecule has 0 spiro atoms. The zero-order valence-electron chi connectivity index (χ0n) is 14.6. The van der Waals surface area contributed by atoms with Crippen LogP contribution in [0.25, 0.3) is 0 Å². The first kappa shape index (κ1) is 19.0. The fourth-order valence-corrected chi connectivity index (χ4v) is 4.00. The summed E-state index contributed by atoms with van der Waals surface area (Å²) >= 11 is 1.62. The lowest BCUT2D eigenvalue weighted by Crippen LogP contribution is -2.39. The Kier molecular flexibility index (Phi) is 5.77. The minimum atomic E-state index is -4.43. The van der Waals surface area contributed by atoms with Gasteiger partial charge in [-0.3, -0.25) is 4.79 Å². The first-order valence-corrected chi connectivity index (χ1v) is 9.56. The summed E-state index contributed by atoms with van der Waals surface area (Å²) in [7, 11) is 0. The molecular formula is C19H21F3N2OS. The summed E-state index contributed by atoms with van der Waals surface area (Å²) in [4.78, 5) is 19.4. The molecule has 1 atom stereocenters. The zero-order valence-corrected chi connectivity index (χ0v) is 15.4. The van der Waals surface area contributed by atoms with E-state index < -0.39 is 11.7 Å². The molecule has 1 unspecified atom stereocenters. The average Bonchev–Trinajstić information content (AvgIpc) is 3.04. The number of hydrogen-bond donors (Lipinski definition) is 0.